The summed E-state index contributed by atoms with van der Waals surface area (Å²) in [5.41, 5.74) is 1.93. The summed E-state index contributed by atoms with van der Waals surface area (Å²) in [5.74, 6) is 0.199. The van der Waals surface area contributed by atoms with Crippen LogP contribution in [0.15, 0.2) is 52.5 Å². The molecule has 0 radical (unpaired) electrons. The highest BCUT2D eigenvalue weighted by Crippen LogP contribution is 2.40. The van der Waals surface area contributed by atoms with Crippen LogP contribution in [-0.4, -0.2) is 31.0 Å². The van der Waals surface area contributed by atoms with E-state index in [0.717, 1.165) is 11.8 Å². The van der Waals surface area contributed by atoms with Crippen molar-refractivity contribution in [1.29, 1.82) is 0 Å². The number of nitro benzene ring substituents is 1. The molecule has 2 aromatic carbocycles. The molecule has 0 aliphatic heterocycles. The van der Waals surface area contributed by atoms with Gasteiger partial charge in [-0.15, -0.1) is 5.10 Å². The summed E-state index contributed by atoms with van der Waals surface area (Å²) in [6, 6.07) is 11.9. The zero-order valence-corrected chi connectivity index (χ0v) is 15.7. The lowest BCUT2D eigenvalue weighted by Crippen LogP contribution is -2.13. The Hall–Kier alpha value is -3.27. The molecule has 1 saturated carbocycles. The number of aromatic nitrogens is 4. The molecule has 1 aliphatic rings. The van der Waals surface area contributed by atoms with Crippen molar-refractivity contribution >= 4 is 29.0 Å². The van der Waals surface area contributed by atoms with E-state index in [1.54, 1.807) is 7.05 Å². The highest BCUT2D eigenvalue weighted by molar-refractivity contribution is 7.99. The molecule has 1 fully saturated rings. The third-order valence-electron chi connectivity index (χ3n) is 4.42. The molecule has 9 nitrogen and oxygen atoms in total. The van der Waals surface area contributed by atoms with Gasteiger partial charge in [-0.05, 0) is 64.7 Å². The lowest BCUT2D eigenvalue weighted by molar-refractivity contribution is -0.384. The minimum Gasteiger partial charge on any atom is -0.322 e. The van der Waals surface area contributed by atoms with E-state index in [2.05, 4.69) is 20.8 Å². The van der Waals surface area contributed by atoms with E-state index in [0.29, 0.717) is 21.7 Å². The molecule has 0 saturated heterocycles. The number of hydrogen-bond donors (Lipinski definition) is 1. The Morgan fingerprint density at radius 2 is 2.00 bits per heavy atom. The maximum absolute atomic E-state index is 12.8. The minimum absolute atomic E-state index is 0.158. The normalized spacial score (nSPS) is 13.3. The molecule has 10 heteroatoms. The molecule has 28 heavy (non-hydrogen) atoms. The SMILES string of the molecule is Cn1nnnc1Sc1ccc([N+](=O)[O-])cc1C(=O)Nc1ccc(C2CC2)cc1. The van der Waals surface area contributed by atoms with Crippen molar-refractivity contribution < 1.29 is 9.72 Å². The number of nitrogens with one attached hydrogen (secondary N) is 1. The van der Waals surface area contributed by atoms with Gasteiger partial charge in [0.25, 0.3) is 11.6 Å². The fourth-order valence-electron chi connectivity index (χ4n) is 2.76. The fourth-order valence-corrected chi connectivity index (χ4v) is 3.60. The van der Waals surface area contributed by atoms with Gasteiger partial charge in [-0.25, -0.2) is 4.68 Å². The number of benzene rings is 2. The van der Waals surface area contributed by atoms with Crippen LogP contribution in [0.1, 0.15) is 34.7 Å². The van der Waals surface area contributed by atoms with Crippen LogP contribution in [0, 0.1) is 10.1 Å². The van der Waals surface area contributed by atoms with Gasteiger partial charge in [0.2, 0.25) is 5.16 Å². The quantitative estimate of drug-likeness (QED) is 0.501. The minimum atomic E-state index is -0.528. The Morgan fingerprint density at radius 3 is 2.61 bits per heavy atom. The zero-order valence-electron chi connectivity index (χ0n) is 14.9. The van der Waals surface area contributed by atoms with Gasteiger partial charge in [0.1, 0.15) is 0 Å². The highest BCUT2D eigenvalue weighted by atomic mass is 32.2. The van der Waals surface area contributed by atoms with Crippen molar-refractivity contribution in [2.75, 3.05) is 5.32 Å². The maximum Gasteiger partial charge on any atom is 0.270 e. The predicted octanol–water partition coefficient (Wildman–Crippen LogP) is 3.40. The van der Waals surface area contributed by atoms with E-state index in [-0.39, 0.29) is 11.3 Å². The Balaban J connectivity index is 1.61. The number of tetrazole rings is 1. The van der Waals surface area contributed by atoms with Crippen LogP contribution in [0.5, 0.6) is 0 Å². The molecule has 142 valence electrons. The first kappa shape index (κ1) is 18.1. The molecule has 3 aromatic rings. The maximum atomic E-state index is 12.8. The van der Waals surface area contributed by atoms with Gasteiger partial charge in [0.15, 0.2) is 0 Å². The third kappa shape index (κ3) is 3.86. The summed E-state index contributed by atoms with van der Waals surface area (Å²) in [7, 11) is 1.68. The molecule has 1 N–H and O–H groups in total. The Labute approximate surface area is 164 Å². The zero-order chi connectivity index (χ0) is 19.7. The molecule has 4 rings (SSSR count). The van der Waals surface area contributed by atoms with Crippen molar-refractivity contribution in [3.8, 4) is 0 Å². The van der Waals surface area contributed by atoms with Gasteiger partial charge in [-0.2, -0.15) is 0 Å². The molecule has 1 amide bonds. The molecule has 0 atom stereocenters. The van der Waals surface area contributed by atoms with Crippen LogP contribution < -0.4 is 5.32 Å². The van der Waals surface area contributed by atoms with Crippen LogP contribution in [-0.2, 0) is 7.05 Å². The van der Waals surface area contributed by atoms with Crippen molar-refractivity contribution in [1.82, 2.24) is 20.2 Å². The highest BCUT2D eigenvalue weighted by Gasteiger charge is 2.23. The van der Waals surface area contributed by atoms with Gasteiger partial charge in [-0.1, -0.05) is 12.1 Å². The Morgan fingerprint density at radius 1 is 1.25 bits per heavy atom. The van der Waals surface area contributed by atoms with E-state index >= 15 is 0 Å². The number of carbonyl (C=O) groups is 1. The number of nitrogens with zero attached hydrogens (tertiary/aromatic N) is 5. The summed E-state index contributed by atoms with van der Waals surface area (Å²) in [6.07, 6.45) is 2.41. The number of rotatable bonds is 6. The molecule has 0 unspecified atom stereocenters. The summed E-state index contributed by atoms with van der Waals surface area (Å²) in [4.78, 5) is 24.0. The van der Waals surface area contributed by atoms with Crippen molar-refractivity contribution in [2.45, 2.75) is 28.8 Å². The molecular weight excluding hydrogens is 380 g/mol. The number of carbonyl (C=O) groups excluding carboxylic acids is 1. The number of nitro groups is 1. The van der Waals surface area contributed by atoms with E-state index in [9.17, 15) is 14.9 Å². The standard InChI is InChI=1S/C18H16N6O3S/c1-23-18(20-21-22-23)28-16-9-8-14(24(26)27)10-15(16)17(25)19-13-6-4-12(5-7-13)11-2-3-11/h4-11H,2-3H2,1H3,(H,19,25). The second-order valence-electron chi connectivity index (χ2n) is 6.48. The van der Waals surface area contributed by atoms with Crippen molar-refractivity contribution in [2.24, 2.45) is 7.05 Å². The first-order chi connectivity index (χ1) is 13.5. The van der Waals surface area contributed by atoms with Gasteiger partial charge < -0.3 is 5.32 Å². The fraction of sp³-hybridized carbons (Fsp3) is 0.222. The summed E-state index contributed by atoms with van der Waals surface area (Å²) >= 11 is 1.16. The number of hydrogen-bond acceptors (Lipinski definition) is 7. The number of aryl methyl sites for hydroxylation is 1. The Bertz CT molecular complexity index is 1050. The van der Waals surface area contributed by atoms with Crippen molar-refractivity contribution in [3.63, 3.8) is 0 Å². The first-order valence-electron chi connectivity index (χ1n) is 8.61. The summed E-state index contributed by atoms with van der Waals surface area (Å²) in [6.45, 7) is 0. The van der Waals surface area contributed by atoms with E-state index in [4.69, 9.17) is 0 Å². The van der Waals surface area contributed by atoms with Crippen LogP contribution >= 0.6 is 11.8 Å². The van der Waals surface area contributed by atoms with Crippen LogP contribution in [0.3, 0.4) is 0 Å². The number of amides is 1. The van der Waals surface area contributed by atoms with E-state index in [1.807, 2.05) is 24.3 Å². The average Bonchev–Trinajstić information content (AvgIpc) is 3.46. The number of anilines is 1. The number of non-ortho nitro benzene ring substituents is 1. The molecule has 1 heterocycles. The first-order valence-corrected chi connectivity index (χ1v) is 9.43. The van der Waals surface area contributed by atoms with Crippen LogP contribution in [0.2, 0.25) is 0 Å². The molecular formula is C18H16N6O3S. The summed E-state index contributed by atoms with van der Waals surface area (Å²) in [5, 5.41) is 25.6. The van der Waals surface area contributed by atoms with E-state index < -0.39 is 10.8 Å². The topological polar surface area (TPSA) is 116 Å². The smallest absolute Gasteiger partial charge is 0.270 e. The molecule has 0 spiro atoms. The molecule has 1 aliphatic carbocycles. The average molecular weight is 396 g/mol. The lowest BCUT2D eigenvalue weighted by Gasteiger charge is -2.10. The van der Waals surface area contributed by atoms with Crippen molar-refractivity contribution in [3.05, 3.63) is 63.7 Å². The van der Waals surface area contributed by atoms with Crippen LogP contribution in [0.4, 0.5) is 11.4 Å². The Kier molecular flexibility index (Phi) is 4.78. The monoisotopic (exact) mass is 396 g/mol. The van der Waals surface area contributed by atoms with Gasteiger partial charge in [-0.3, -0.25) is 14.9 Å². The van der Waals surface area contributed by atoms with E-state index in [1.165, 1.54) is 41.3 Å². The summed E-state index contributed by atoms with van der Waals surface area (Å²) < 4.78 is 1.46. The van der Waals surface area contributed by atoms with Gasteiger partial charge >= 0.3 is 0 Å². The predicted molar refractivity (Wildman–Crippen MR) is 102 cm³/mol. The second kappa shape index (κ2) is 7.39. The third-order valence-corrected chi connectivity index (χ3v) is 5.52. The molecule has 1 aromatic heterocycles. The second-order valence-corrected chi connectivity index (χ2v) is 7.48. The van der Waals surface area contributed by atoms with Gasteiger partial charge in [0.05, 0.1) is 10.5 Å². The van der Waals surface area contributed by atoms with Crippen LogP contribution in [0.25, 0.3) is 0 Å². The molecule has 0 bridgehead atoms. The largest absolute Gasteiger partial charge is 0.322 e. The lowest BCUT2D eigenvalue weighted by atomic mass is 10.1. The van der Waals surface area contributed by atoms with Gasteiger partial charge in [0, 0.05) is 29.8 Å².